The maximum absolute atomic E-state index is 11.9. The van der Waals surface area contributed by atoms with Crippen LogP contribution < -0.4 is 0 Å². The summed E-state index contributed by atoms with van der Waals surface area (Å²) in [7, 11) is 1.88. The summed E-state index contributed by atoms with van der Waals surface area (Å²) in [6.07, 6.45) is 3.25. The van der Waals surface area contributed by atoms with Gasteiger partial charge in [0.15, 0.2) is 5.78 Å². The Labute approximate surface area is 89.3 Å². The number of hydrogen-bond donors (Lipinski definition) is 0. The summed E-state index contributed by atoms with van der Waals surface area (Å²) < 4.78 is 7.10. The van der Waals surface area contributed by atoms with Gasteiger partial charge < -0.3 is 9.30 Å². The summed E-state index contributed by atoms with van der Waals surface area (Å²) >= 11 is 0. The highest BCUT2D eigenvalue weighted by Gasteiger charge is 2.21. The Kier molecular flexibility index (Phi) is 2.86. The molecule has 0 aliphatic carbocycles. The number of nitrogens with zero attached hydrogens (tertiary/aromatic N) is 2. The molecule has 1 unspecified atom stereocenters. The van der Waals surface area contributed by atoms with E-state index in [1.807, 2.05) is 18.5 Å². The molecular formula is C11H16N2O2. The molecule has 1 aliphatic rings. The van der Waals surface area contributed by atoms with Crippen molar-refractivity contribution in [2.24, 2.45) is 13.0 Å². The van der Waals surface area contributed by atoms with Crippen molar-refractivity contribution in [1.29, 1.82) is 0 Å². The number of aromatic nitrogens is 2. The number of ketones is 1. The van der Waals surface area contributed by atoms with Crippen LogP contribution in [0.2, 0.25) is 0 Å². The van der Waals surface area contributed by atoms with E-state index in [0.29, 0.717) is 18.0 Å². The van der Waals surface area contributed by atoms with Crippen LogP contribution in [-0.4, -0.2) is 28.5 Å². The average molecular weight is 208 g/mol. The lowest BCUT2D eigenvalue weighted by Crippen LogP contribution is -2.12. The number of aryl methyl sites for hydroxylation is 1. The molecule has 0 bridgehead atoms. The first-order chi connectivity index (χ1) is 7.18. The van der Waals surface area contributed by atoms with Crippen LogP contribution in [0.3, 0.4) is 0 Å². The SMILES string of the molecule is Cc1ncc(C(=O)CC2CCOC2)n1C. The Morgan fingerprint density at radius 2 is 2.53 bits per heavy atom. The van der Waals surface area contributed by atoms with Gasteiger partial charge in [0.05, 0.1) is 6.20 Å². The molecule has 0 amide bonds. The molecular weight excluding hydrogens is 192 g/mol. The lowest BCUT2D eigenvalue weighted by atomic mass is 10.0. The van der Waals surface area contributed by atoms with Crippen molar-refractivity contribution in [3.63, 3.8) is 0 Å². The number of Topliss-reactive ketones (excluding diaryl/α,β-unsaturated/α-hetero) is 1. The predicted molar refractivity (Wildman–Crippen MR) is 55.8 cm³/mol. The van der Waals surface area contributed by atoms with Crippen LogP contribution in [0.1, 0.15) is 29.2 Å². The van der Waals surface area contributed by atoms with Gasteiger partial charge in [-0.2, -0.15) is 0 Å². The average Bonchev–Trinajstić information content (AvgIpc) is 2.79. The fourth-order valence-electron chi connectivity index (χ4n) is 1.87. The summed E-state index contributed by atoms with van der Waals surface area (Å²) in [6, 6.07) is 0. The fourth-order valence-corrected chi connectivity index (χ4v) is 1.87. The largest absolute Gasteiger partial charge is 0.381 e. The molecule has 2 rings (SSSR count). The molecule has 0 N–H and O–H groups in total. The Morgan fingerprint density at radius 3 is 3.07 bits per heavy atom. The minimum atomic E-state index is 0.175. The van der Waals surface area contributed by atoms with E-state index in [4.69, 9.17) is 4.74 Å². The Morgan fingerprint density at radius 1 is 1.73 bits per heavy atom. The van der Waals surface area contributed by atoms with E-state index in [-0.39, 0.29) is 5.78 Å². The summed E-state index contributed by atoms with van der Waals surface area (Å²) in [5, 5.41) is 0. The molecule has 4 nitrogen and oxygen atoms in total. The van der Waals surface area contributed by atoms with Crippen molar-refractivity contribution in [2.45, 2.75) is 19.8 Å². The highest BCUT2D eigenvalue weighted by molar-refractivity contribution is 5.94. The van der Waals surface area contributed by atoms with Gasteiger partial charge in [-0.25, -0.2) is 4.98 Å². The highest BCUT2D eigenvalue weighted by Crippen LogP contribution is 2.19. The molecule has 1 saturated heterocycles. The zero-order chi connectivity index (χ0) is 10.8. The molecule has 0 aromatic carbocycles. The fraction of sp³-hybridized carbons (Fsp3) is 0.636. The normalized spacial score (nSPS) is 20.8. The van der Waals surface area contributed by atoms with Gasteiger partial charge in [0.2, 0.25) is 0 Å². The maximum Gasteiger partial charge on any atom is 0.181 e. The van der Waals surface area contributed by atoms with Crippen LogP contribution in [0.15, 0.2) is 6.20 Å². The van der Waals surface area contributed by atoms with Crippen molar-refractivity contribution < 1.29 is 9.53 Å². The number of hydrogen-bond acceptors (Lipinski definition) is 3. The minimum absolute atomic E-state index is 0.175. The van der Waals surface area contributed by atoms with Gasteiger partial charge in [-0.15, -0.1) is 0 Å². The summed E-state index contributed by atoms with van der Waals surface area (Å²) in [6.45, 7) is 3.42. The van der Waals surface area contributed by atoms with Crippen molar-refractivity contribution in [1.82, 2.24) is 9.55 Å². The molecule has 15 heavy (non-hydrogen) atoms. The minimum Gasteiger partial charge on any atom is -0.381 e. The van der Waals surface area contributed by atoms with Crippen molar-refractivity contribution in [3.05, 3.63) is 17.7 Å². The number of ether oxygens (including phenoxy) is 1. The quantitative estimate of drug-likeness (QED) is 0.704. The van der Waals surface area contributed by atoms with Gasteiger partial charge in [-0.1, -0.05) is 0 Å². The van der Waals surface area contributed by atoms with Crippen molar-refractivity contribution in [2.75, 3.05) is 13.2 Å². The van der Waals surface area contributed by atoms with Crippen molar-refractivity contribution >= 4 is 5.78 Å². The lowest BCUT2D eigenvalue weighted by molar-refractivity contribution is 0.0944. The van der Waals surface area contributed by atoms with Gasteiger partial charge in [-0.05, 0) is 19.3 Å². The second-order valence-corrected chi connectivity index (χ2v) is 4.11. The number of carbonyl (C=O) groups is 1. The smallest absolute Gasteiger partial charge is 0.181 e. The van der Waals surface area contributed by atoms with E-state index < -0.39 is 0 Å². The van der Waals surface area contributed by atoms with Gasteiger partial charge in [0.25, 0.3) is 0 Å². The third-order valence-electron chi connectivity index (χ3n) is 3.00. The standard InChI is InChI=1S/C11H16N2O2/c1-8-12-6-10(13(8)2)11(14)5-9-3-4-15-7-9/h6,9H,3-5,7H2,1-2H3. The Bertz CT molecular complexity index is 365. The van der Waals surface area contributed by atoms with E-state index in [9.17, 15) is 4.79 Å². The zero-order valence-electron chi connectivity index (χ0n) is 9.19. The molecule has 1 aromatic heterocycles. The summed E-state index contributed by atoms with van der Waals surface area (Å²) in [4.78, 5) is 16.0. The van der Waals surface area contributed by atoms with Crippen molar-refractivity contribution in [3.8, 4) is 0 Å². The summed E-state index contributed by atoms with van der Waals surface area (Å²) in [5.74, 6) is 1.45. The van der Waals surface area contributed by atoms with Crippen LogP contribution in [0.5, 0.6) is 0 Å². The lowest BCUT2D eigenvalue weighted by Gasteiger charge is -2.06. The monoisotopic (exact) mass is 208 g/mol. The molecule has 0 spiro atoms. The first kappa shape index (κ1) is 10.4. The molecule has 1 aliphatic heterocycles. The van der Waals surface area contributed by atoms with Crippen LogP contribution in [-0.2, 0) is 11.8 Å². The number of carbonyl (C=O) groups excluding carboxylic acids is 1. The first-order valence-corrected chi connectivity index (χ1v) is 5.27. The molecule has 1 atom stereocenters. The molecule has 0 radical (unpaired) electrons. The molecule has 1 fully saturated rings. The van der Waals surface area contributed by atoms with Gasteiger partial charge >= 0.3 is 0 Å². The third kappa shape index (κ3) is 2.09. The maximum atomic E-state index is 11.9. The van der Waals surface area contributed by atoms with Gasteiger partial charge in [0.1, 0.15) is 11.5 Å². The van der Waals surface area contributed by atoms with E-state index in [0.717, 1.165) is 25.5 Å². The molecule has 82 valence electrons. The third-order valence-corrected chi connectivity index (χ3v) is 3.00. The highest BCUT2D eigenvalue weighted by atomic mass is 16.5. The van der Waals surface area contributed by atoms with Gasteiger partial charge in [-0.3, -0.25) is 4.79 Å². The molecule has 0 saturated carbocycles. The molecule has 1 aromatic rings. The topological polar surface area (TPSA) is 44.1 Å². The number of rotatable bonds is 3. The zero-order valence-corrected chi connectivity index (χ0v) is 9.19. The van der Waals surface area contributed by atoms with E-state index in [1.54, 1.807) is 6.20 Å². The molecule has 2 heterocycles. The van der Waals surface area contributed by atoms with E-state index >= 15 is 0 Å². The number of imidazole rings is 1. The van der Waals surface area contributed by atoms with Crippen LogP contribution in [0.4, 0.5) is 0 Å². The summed E-state index contributed by atoms with van der Waals surface area (Å²) in [5.41, 5.74) is 0.708. The Hall–Kier alpha value is -1.16. The second kappa shape index (κ2) is 4.14. The van der Waals surface area contributed by atoms with Crippen LogP contribution >= 0.6 is 0 Å². The van der Waals surface area contributed by atoms with E-state index in [1.165, 1.54) is 0 Å². The molecule has 4 heteroatoms. The van der Waals surface area contributed by atoms with Crippen LogP contribution in [0.25, 0.3) is 0 Å². The van der Waals surface area contributed by atoms with Gasteiger partial charge in [0, 0.05) is 26.7 Å². The van der Waals surface area contributed by atoms with E-state index in [2.05, 4.69) is 4.98 Å². The predicted octanol–water partition coefficient (Wildman–Crippen LogP) is 1.34. The first-order valence-electron chi connectivity index (χ1n) is 5.27. The second-order valence-electron chi connectivity index (χ2n) is 4.11. The van der Waals surface area contributed by atoms with Crippen LogP contribution in [0, 0.1) is 12.8 Å². The Balaban J connectivity index is 2.04.